The highest BCUT2D eigenvalue weighted by molar-refractivity contribution is 5.95. The molecule has 0 saturated heterocycles. The summed E-state index contributed by atoms with van der Waals surface area (Å²) >= 11 is 0. The average molecular weight is 455 g/mol. The quantitative estimate of drug-likeness (QED) is 0.503. The molecular weight excluding hydrogens is 433 g/mol. The van der Waals surface area contributed by atoms with Crippen molar-refractivity contribution < 1.29 is 31.5 Å². The second-order valence-electron chi connectivity index (χ2n) is 7.74. The van der Waals surface area contributed by atoms with Crippen molar-refractivity contribution in [2.24, 2.45) is 5.92 Å². The van der Waals surface area contributed by atoms with Crippen LogP contribution in [0.2, 0.25) is 0 Å². The normalized spacial score (nSPS) is 12.8. The largest absolute Gasteiger partial charge is 0.485 e. The molecule has 32 heavy (non-hydrogen) atoms. The zero-order valence-corrected chi connectivity index (χ0v) is 17.7. The van der Waals surface area contributed by atoms with Crippen molar-refractivity contribution >= 4 is 11.6 Å². The summed E-state index contributed by atoms with van der Waals surface area (Å²) in [5.41, 5.74) is 1.16. The molecule has 1 aromatic carbocycles. The maximum absolute atomic E-state index is 13.9. The lowest BCUT2D eigenvalue weighted by Crippen LogP contribution is -2.31. The molecule has 1 N–H and O–H groups in total. The van der Waals surface area contributed by atoms with E-state index in [-0.39, 0.29) is 35.8 Å². The van der Waals surface area contributed by atoms with Crippen LogP contribution in [0.15, 0.2) is 30.5 Å². The van der Waals surface area contributed by atoms with Crippen molar-refractivity contribution in [3.05, 3.63) is 64.6 Å². The lowest BCUT2D eigenvalue weighted by molar-refractivity contribution is -0.142. The Morgan fingerprint density at radius 2 is 1.88 bits per heavy atom. The smallest absolute Gasteiger partial charge is 0.389 e. The van der Waals surface area contributed by atoms with Crippen molar-refractivity contribution in [3.8, 4) is 5.75 Å². The standard InChI is InChI=1S/C22H22F5N3O2/c1-12-7-18(32-11-15-16(23)5-4-6-17(15)24)20-29-14(3)19(30(20)10-12)21(31)28-9-13(2)8-22(25,26)27/h4-7,10,13H,8-9,11H2,1-3H3,(H,28,31). The number of benzene rings is 1. The third kappa shape index (κ3) is 5.35. The van der Waals surface area contributed by atoms with Crippen LogP contribution >= 0.6 is 0 Å². The SMILES string of the molecule is Cc1cc(OCc2c(F)cccc2F)c2nc(C)c(C(=O)NCC(C)CC(F)(F)F)n2c1. The molecule has 0 bridgehead atoms. The predicted molar refractivity (Wildman–Crippen MR) is 108 cm³/mol. The van der Waals surface area contributed by atoms with Crippen LogP contribution in [-0.2, 0) is 6.61 Å². The van der Waals surface area contributed by atoms with Gasteiger partial charge in [0.05, 0.1) is 11.3 Å². The summed E-state index contributed by atoms with van der Waals surface area (Å²) in [5, 5.41) is 2.51. The zero-order chi connectivity index (χ0) is 23.6. The number of alkyl halides is 3. The highest BCUT2D eigenvalue weighted by Crippen LogP contribution is 2.27. The van der Waals surface area contributed by atoms with Gasteiger partial charge in [0.15, 0.2) is 11.4 Å². The Kier molecular flexibility index (Phi) is 6.71. The summed E-state index contributed by atoms with van der Waals surface area (Å²) in [5.74, 6) is -2.67. The molecule has 0 spiro atoms. The van der Waals surface area contributed by atoms with Gasteiger partial charge in [-0.1, -0.05) is 13.0 Å². The van der Waals surface area contributed by atoms with Crippen molar-refractivity contribution in [3.63, 3.8) is 0 Å². The molecule has 1 amide bonds. The third-order valence-corrected chi connectivity index (χ3v) is 4.84. The number of rotatable bonds is 7. The molecule has 0 aliphatic heterocycles. The maximum Gasteiger partial charge on any atom is 0.389 e. The van der Waals surface area contributed by atoms with E-state index in [1.165, 1.54) is 17.4 Å². The maximum atomic E-state index is 13.9. The van der Waals surface area contributed by atoms with Crippen molar-refractivity contribution in [1.29, 1.82) is 0 Å². The second-order valence-corrected chi connectivity index (χ2v) is 7.74. The van der Waals surface area contributed by atoms with Crippen LogP contribution in [-0.4, -0.2) is 28.0 Å². The van der Waals surface area contributed by atoms with Gasteiger partial charge in [0.25, 0.3) is 5.91 Å². The Morgan fingerprint density at radius 3 is 2.50 bits per heavy atom. The van der Waals surface area contributed by atoms with Gasteiger partial charge in [-0.3, -0.25) is 9.20 Å². The van der Waals surface area contributed by atoms with Gasteiger partial charge in [0.2, 0.25) is 0 Å². The first-order valence-electron chi connectivity index (χ1n) is 9.86. The van der Waals surface area contributed by atoms with Crippen LogP contribution in [0, 0.1) is 31.4 Å². The Bertz CT molecular complexity index is 1120. The van der Waals surface area contributed by atoms with Crippen molar-refractivity contribution in [2.45, 2.75) is 40.0 Å². The van der Waals surface area contributed by atoms with Crippen LogP contribution in [0.25, 0.3) is 5.65 Å². The van der Waals surface area contributed by atoms with E-state index < -0.39 is 36.1 Å². The van der Waals surface area contributed by atoms with E-state index in [0.29, 0.717) is 11.3 Å². The first-order chi connectivity index (χ1) is 15.0. The van der Waals surface area contributed by atoms with Crippen LogP contribution in [0.3, 0.4) is 0 Å². The number of nitrogens with zero attached hydrogens (tertiary/aromatic N) is 2. The van der Waals surface area contributed by atoms with Gasteiger partial charge in [-0.15, -0.1) is 0 Å². The Balaban J connectivity index is 1.85. The molecule has 172 valence electrons. The number of ether oxygens (including phenoxy) is 1. The number of imidazole rings is 1. The van der Waals surface area contributed by atoms with Gasteiger partial charge in [0.1, 0.15) is 23.9 Å². The molecule has 0 fully saturated rings. The van der Waals surface area contributed by atoms with Gasteiger partial charge in [-0.05, 0) is 43.5 Å². The highest BCUT2D eigenvalue weighted by Gasteiger charge is 2.30. The summed E-state index contributed by atoms with van der Waals surface area (Å²) in [6.45, 7) is 4.16. The Morgan fingerprint density at radius 1 is 1.22 bits per heavy atom. The molecule has 5 nitrogen and oxygen atoms in total. The minimum Gasteiger partial charge on any atom is -0.485 e. The van der Waals surface area contributed by atoms with Crippen LogP contribution in [0.1, 0.15) is 40.7 Å². The van der Waals surface area contributed by atoms with Crippen molar-refractivity contribution in [2.75, 3.05) is 6.54 Å². The summed E-state index contributed by atoms with van der Waals surface area (Å²) < 4.78 is 72.5. The van der Waals surface area contributed by atoms with E-state index >= 15 is 0 Å². The van der Waals surface area contributed by atoms with Gasteiger partial charge in [0, 0.05) is 19.2 Å². The number of amides is 1. The number of halogens is 5. The van der Waals surface area contributed by atoms with E-state index in [2.05, 4.69) is 10.3 Å². The van der Waals surface area contributed by atoms with Gasteiger partial charge >= 0.3 is 6.18 Å². The van der Waals surface area contributed by atoms with Crippen LogP contribution < -0.4 is 10.1 Å². The summed E-state index contributed by atoms with van der Waals surface area (Å²) in [6, 6.07) is 5.11. The second kappa shape index (κ2) is 9.13. The molecule has 2 heterocycles. The first kappa shape index (κ1) is 23.5. The van der Waals surface area contributed by atoms with Crippen LogP contribution in [0.5, 0.6) is 5.75 Å². The number of hydrogen-bond donors (Lipinski definition) is 1. The van der Waals surface area contributed by atoms with E-state index in [0.717, 1.165) is 12.1 Å². The number of aryl methyl sites for hydroxylation is 2. The number of nitrogens with one attached hydrogen (secondary N) is 1. The minimum atomic E-state index is -4.32. The number of carbonyl (C=O) groups is 1. The van der Waals surface area contributed by atoms with E-state index in [9.17, 15) is 26.7 Å². The molecule has 3 aromatic rings. The number of carbonyl (C=O) groups excluding carboxylic acids is 1. The van der Waals surface area contributed by atoms with E-state index in [1.54, 1.807) is 26.1 Å². The highest BCUT2D eigenvalue weighted by atomic mass is 19.4. The average Bonchev–Trinajstić information content (AvgIpc) is 3.00. The van der Waals surface area contributed by atoms with Gasteiger partial charge < -0.3 is 10.1 Å². The van der Waals surface area contributed by atoms with E-state index in [4.69, 9.17) is 4.74 Å². The molecule has 1 unspecified atom stereocenters. The fraction of sp³-hybridized carbons (Fsp3) is 0.364. The lowest BCUT2D eigenvalue weighted by atomic mass is 10.1. The fourth-order valence-electron chi connectivity index (χ4n) is 3.38. The number of aromatic nitrogens is 2. The summed E-state index contributed by atoms with van der Waals surface area (Å²) in [4.78, 5) is 17.0. The summed E-state index contributed by atoms with van der Waals surface area (Å²) in [6.07, 6.45) is -3.70. The number of fused-ring (bicyclic) bond motifs is 1. The monoisotopic (exact) mass is 455 g/mol. The molecule has 2 aromatic heterocycles. The molecule has 0 saturated carbocycles. The van der Waals surface area contributed by atoms with Crippen LogP contribution in [0.4, 0.5) is 22.0 Å². The molecule has 3 rings (SSSR count). The molecule has 0 aliphatic rings. The predicted octanol–water partition coefficient (Wildman–Crippen LogP) is 5.13. The molecular formula is C22H22F5N3O2. The first-order valence-corrected chi connectivity index (χ1v) is 9.86. The Hall–Kier alpha value is -3.17. The third-order valence-electron chi connectivity index (χ3n) is 4.84. The van der Waals surface area contributed by atoms with E-state index in [1.807, 2.05) is 0 Å². The molecule has 10 heteroatoms. The zero-order valence-electron chi connectivity index (χ0n) is 17.7. The van der Waals surface area contributed by atoms with Crippen molar-refractivity contribution in [1.82, 2.24) is 14.7 Å². The Labute approximate surface area is 181 Å². The van der Waals surface area contributed by atoms with Gasteiger partial charge in [-0.25, -0.2) is 13.8 Å². The lowest BCUT2D eigenvalue weighted by Gasteiger charge is -2.15. The summed E-state index contributed by atoms with van der Waals surface area (Å²) in [7, 11) is 0. The number of hydrogen-bond acceptors (Lipinski definition) is 3. The number of pyridine rings is 1. The minimum absolute atomic E-state index is 0.143. The molecule has 1 atom stereocenters. The molecule has 0 radical (unpaired) electrons. The van der Waals surface area contributed by atoms with Gasteiger partial charge in [-0.2, -0.15) is 13.2 Å². The fourth-order valence-corrected chi connectivity index (χ4v) is 3.38. The molecule has 0 aliphatic carbocycles. The topological polar surface area (TPSA) is 55.6 Å².